The minimum absolute atomic E-state index is 0.486. The van der Waals surface area contributed by atoms with E-state index in [0.29, 0.717) is 6.54 Å². The number of hydrogen-bond acceptors (Lipinski definition) is 4. The Labute approximate surface area is 74.0 Å². The number of aliphatic imine (C=N–C) groups is 1. The molecule has 2 rings (SSSR count). The van der Waals surface area contributed by atoms with Crippen LogP contribution in [0.25, 0.3) is 0 Å². The second kappa shape index (κ2) is 2.52. The first kappa shape index (κ1) is 7.67. The first-order chi connectivity index (χ1) is 5.68. The summed E-state index contributed by atoms with van der Waals surface area (Å²) in [4.78, 5) is 16.6. The van der Waals surface area contributed by atoms with E-state index >= 15 is 0 Å². The van der Waals surface area contributed by atoms with Crippen LogP contribution in [0.5, 0.6) is 0 Å². The van der Waals surface area contributed by atoms with Crippen molar-refractivity contribution in [2.24, 2.45) is 4.99 Å². The summed E-state index contributed by atoms with van der Waals surface area (Å²) in [6.45, 7) is 2.44. The summed E-state index contributed by atoms with van der Waals surface area (Å²) in [5.74, 6) is -0.842. The van der Waals surface area contributed by atoms with E-state index in [4.69, 9.17) is 5.11 Å². The fourth-order valence-electron chi connectivity index (χ4n) is 1.22. The average Bonchev–Trinajstić information content (AvgIpc) is 2.53. The predicted molar refractivity (Wildman–Crippen MR) is 46.9 cm³/mol. The summed E-state index contributed by atoms with van der Waals surface area (Å²) in [6, 6.07) is -0.573. The predicted octanol–water partition coefficient (Wildman–Crippen LogP) is 0.719. The second-order valence-corrected chi connectivity index (χ2v) is 3.59. The van der Waals surface area contributed by atoms with E-state index in [9.17, 15) is 4.79 Å². The Bertz CT molecular complexity index is 298. The lowest BCUT2D eigenvalue weighted by atomic mass is 10.3. The monoisotopic (exact) mass is 184 g/mol. The van der Waals surface area contributed by atoms with Gasteiger partial charge in [0, 0.05) is 5.70 Å². The highest BCUT2D eigenvalue weighted by Crippen LogP contribution is 2.30. The summed E-state index contributed by atoms with van der Waals surface area (Å²) in [6.07, 6.45) is 0. The molecule has 0 saturated heterocycles. The van der Waals surface area contributed by atoms with Gasteiger partial charge in [-0.25, -0.2) is 9.79 Å². The topological polar surface area (TPSA) is 52.9 Å². The van der Waals surface area contributed by atoms with Gasteiger partial charge in [-0.05, 0) is 12.3 Å². The van der Waals surface area contributed by atoms with Gasteiger partial charge in [-0.1, -0.05) is 11.8 Å². The zero-order chi connectivity index (χ0) is 8.72. The van der Waals surface area contributed by atoms with E-state index in [1.807, 2.05) is 17.2 Å². The molecule has 0 radical (unpaired) electrons. The van der Waals surface area contributed by atoms with E-state index in [1.165, 1.54) is 11.8 Å². The van der Waals surface area contributed by atoms with Crippen LogP contribution >= 0.6 is 11.8 Å². The van der Waals surface area contributed by atoms with Crippen molar-refractivity contribution in [1.29, 1.82) is 0 Å². The Kier molecular flexibility index (Phi) is 1.61. The summed E-state index contributed by atoms with van der Waals surface area (Å²) in [5, 5.41) is 11.5. The van der Waals surface area contributed by atoms with E-state index in [0.717, 1.165) is 10.9 Å². The second-order valence-electron chi connectivity index (χ2n) is 2.75. The molecule has 5 heteroatoms. The van der Waals surface area contributed by atoms with E-state index in [-0.39, 0.29) is 0 Å². The molecule has 0 bridgehead atoms. The number of hydrogen-bond donors (Lipinski definition) is 1. The number of carboxylic acids is 1. The van der Waals surface area contributed by atoms with Gasteiger partial charge in [0.2, 0.25) is 0 Å². The molecule has 0 aliphatic carbocycles. The first-order valence-corrected chi connectivity index (χ1v) is 4.48. The molecule has 0 fully saturated rings. The van der Waals surface area contributed by atoms with Gasteiger partial charge in [0.1, 0.15) is 0 Å². The number of nitrogens with zero attached hydrogens (tertiary/aromatic N) is 2. The summed E-state index contributed by atoms with van der Waals surface area (Å²) in [5.41, 5.74) is 1.09. The van der Waals surface area contributed by atoms with Crippen LogP contribution in [0.4, 0.5) is 0 Å². The Hall–Kier alpha value is -0.970. The molecule has 12 heavy (non-hydrogen) atoms. The van der Waals surface area contributed by atoms with Crippen LogP contribution in [-0.2, 0) is 4.79 Å². The third-order valence-corrected chi connectivity index (χ3v) is 2.89. The van der Waals surface area contributed by atoms with Crippen LogP contribution in [0.15, 0.2) is 16.1 Å². The lowest BCUT2D eigenvalue weighted by Gasteiger charge is -2.12. The van der Waals surface area contributed by atoms with Crippen LogP contribution < -0.4 is 0 Å². The van der Waals surface area contributed by atoms with Crippen molar-refractivity contribution in [2.75, 3.05) is 6.54 Å². The number of carbonyl (C=O) groups is 1. The van der Waals surface area contributed by atoms with E-state index < -0.39 is 12.0 Å². The van der Waals surface area contributed by atoms with Crippen molar-refractivity contribution in [1.82, 2.24) is 4.90 Å². The maximum absolute atomic E-state index is 10.6. The lowest BCUT2D eigenvalue weighted by Crippen LogP contribution is -2.27. The molecule has 2 aliphatic heterocycles. The van der Waals surface area contributed by atoms with Crippen LogP contribution in [-0.4, -0.2) is 33.7 Å². The van der Waals surface area contributed by atoms with Crippen LogP contribution in [0.3, 0.4) is 0 Å². The number of aliphatic carboxylic acids is 1. The highest BCUT2D eigenvalue weighted by Gasteiger charge is 2.33. The quantitative estimate of drug-likeness (QED) is 0.652. The van der Waals surface area contributed by atoms with Crippen molar-refractivity contribution < 1.29 is 9.90 Å². The zero-order valence-electron chi connectivity index (χ0n) is 6.52. The molecular formula is C7H8N2O2S. The lowest BCUT2D eigenvalue weighted by molar-refractivity contribution is -0.138. The maximum Gasteiger partial charge on any atom is 0.330 e. The van der Waals surface area contributed by atoms with Gasteiger partial charge in [0.05, 0.1) is 6.54 Å². The van der Waals surface area contributed by atoms with Crippen LogP contribution in [0.2, 0.25) is 0 Å². The van der Waals surface area contributed by atoms with E-state index in [2.05, 4.69) is 4.99 Å². The summed E-state index contributed by atoms with van der Waals surface area (Å²) >= 11 is 1.49. The number of rotatable bonds is 1. The molecule has 0 aromatic carbocycles. The molecule has 2 aliphatic rings. The standard InChI is InChI=1S/C7H8N2O2S/c1-4-3-12-7-8-5(6(10)11)2-9(4)7/h3,5H,2H2,1H3,(H,10,11). The van der Waals surface area contributed by atoms with Crippen molar-refractivity contribution in [3.8, 4) is 0 Å². The van der Waals surface area contributed by atoms with Crippen LogP contribution in [0.1, 0.15) is 6.92 Å². The third kappa shape index (κ3) is 1.01. The molecule has 1 unspecified atom stereocenters. The Morgan fingerprint density at radius 2 is 2.67 bits per heavy atom. The van der Waals surface area contributed by atoms with Crippen LogP contribution in [0, 0.1) is 0 Å². The maximum atomic E-state index is 10.6. The third-order valence-electron chi connectivity index (χ3n) is 1.90. The Morgan fingerprint density at radius 1 is 1.92 bits per heavy atom. The minimum atomic E-state index is -0.842. The first-order valence-electron chi connectivity index (χ1n) is 3.60. The Balaban J connectivity index is 2.18. The van der Waals surface area contributed by atoms with Gasteiger partial charge >= 0.3 is 5.97 Å². The SMILES string of the molecule is CC1=CSC2=NC(C(=O)O)CN12. The number of carboxylic acid groups (broad SMARTS) is 1. The number of amidine groups is 1. The number of fused-ring (bicyclic) bond motifs is 1. The molecule has 64 valence electrons. The molecule has 0 amide bonds. The van der Waals surface area contributed by atoms with Gasteiger partial charge in [-0.2, -0.15) is 0 Å². The molecular weight excluding hydrogens is 176 g/mol. The van der Waals surface area contributed by atoms with Gasteiger partial charge in [-0.15, -0.1) is 0 Å². The van der Waals surface area contributed by atoms with Gasteiger partial charge in [0.15, 0.2) is 11.2 Å². The van der Waals surface area contributed by atoms with E-state index in [1.54, 1.807) is 0 Å². The highest BCUT2D eigenvalue weighted by molar-refractivity contribution is 8.16. The molecule has 4 nitrogen and oxygen atoms in total. The zero-order valence-corrected chi connectivity index (χ0v) is 7.34. The molecule has 1 N–H and O–H groups in total. The average molecular weight is 184 g/mol. The smallest absolute Gasteiger partial charge is 0.330 e. The van der Waals surface area contributed by atoms with Gasteiger partial charge < -0.3 is 10.0 Å². The molecule has 0 aromatic rings. The fraction of sp³-hybridized carbons (Fsp3) is 0.429. The molecule has 0 aromatic heterocycles. The highest BCUT2D eigenvalue weighted by atomic mass is 32.2. The fourth-order valence-corrected chi connectivity index (χ4v) is 2.16. The number of thioether (sulfide) groups is 1. The van der Waals surface area contributed by atoms with Crippen molar-refractivity contribution >= 4 is 22.9 Å². The molecule has 0 spiro atoms. The van der Waals surface area contributed by atoms with Crippen molar-refractivity contribution in [2.45, 2.75) is 13.0 Å². The van der Waals surface area contributed by atoms with Gasteiger partial charge in [0.25, 0.3) is 0 Å². The number of allylic oxidation sites excluding steroid dienone is 1. The van der Waals surface area contributed by atoms with Crippen molar-refractivity contribution in [3.63, 3.8) is 0 Å². The largest absolute Gasteiger partial charge is 0.480 e. The molecule has 0 saturated carbocycles. The molecule has 1 atom stereocenters. The minimum Gasteiger partial charge on any atom is -0.480 e. The normalized spacial score (nSPS) is 26.8. The molecule has 2 heterocycles. The Morgan fingerprint density at radius 3 is 3.25 bits per heavy atom. The van der Waals surface area contributed by atoms with Gasteiger partial charge in [-0.3, -0.25) is 0 Å². The summed E-state index contributed by atoms with van der Waals surface area (Å²) < 4.78 is 0. The van der Waals surface area contributed by atoms with Crippen molar-refractivity contribution in [3.05, 3.63) is 11.1 Å². The summed E-state index contributed by atoms with van der Waals surface area (Å²) in [7, 11) is 0.